The van der Waals surface area contributed by atoms with Gasteiger partial charge in [0.05, 0.1) is 12.1 Å². The molecule has 0 amide bonds. The Hall–Kier alpha value is -0.730. The molecule has 0 radical (unpaired) electrons. The Bertz CT molecular complexity index is 244. The Balaban J connectivity index is 2.07. The standard InChI is InChI=1S/C9H17N3/c1-8(2)4-6(8)9(3)5-11-7(10)12-9/h6H,4-5H2,1-3H3,(H3,10,11,12). The first kappa shape index (κ1) is 7.90. The van der Waals surface area contributed by atoms with Crippen LogP contribution in [0.2, 0.25) is 0 Å². The van der Waals surface area contributed by atoms with Gasteiger partial charge in [-0.05, 0) is 24.7 Å². The molecule has 12 heavy (non-hydrogen) atoms. The highest BCUT2D eigenvalue weighted by Crippen LogP contribution is 2.57. The van der Waals surface area contributed by atoms with Crippen molar-refractivity contribution in [1.82, 2.24) is 5.32 Å². The molecule has 0 spiro atoms. The number of nitrogens with zero attached hydrogens (tertiary/aromatic N) is 1. The summed E-state index contributed by atoms with van der Waals surface area (Å²) in [5.74, 6) is 1.34. The van der Waals surface area contributed by atoms with Gasteiger partial charge in [0.25, 0.3) is 0 Å². The van der Waals surface area contributed by atoms with Crippen LogP contribution in [0.5, 0.6) is 0 Å². The number of rotatable bonds is 1. The summed E-state index contributed by atoms with van der Waals surface area (Å²) in [5.41, 5.74) is 6.22. The summed E-state index contributed by atoms with van der Waals surface area (Å²) in [6.07, 6.45) is 1.29. The van der Waals surface area contributed by atoms with Crippen LogP contribution in [-0.2, 0) is 0 Å². The van der Waals surface area contributed by atoms with Crippen LogP contribution in [0.15, 0.2) is 4.99 Å². The Labute approximate surface area is 73.4 Å². The molecule has 2 atom stereocenters. The van der Waals surface area contributed by atoms with Crippen molar-refractivity contribution < 1.29 is 0 Å². The third-order valence-corrected chi connectivity index (χ3v) is 3.27. The molecule has 3 N–H and O–H groups in total. The van der Waals surface area contributed by atoms with Crippen LogP contribution in [0.4, 0.5) is 0 Å². The fraction of sp³-hybridized carbons (Fsp3) is 0.889. The van der Waals surface area contributed by atoms with E-state index in [1.54, 1.807) is 0 Å². The lowest BCUT2D eigenvalue weighted by Crippen LogP contribution is -2.48. The minimum atomic E-state index is 0.133. The predicted molar refractivity (Wildman–Crippen MR) is 49.9 cm³/mol. The van der Waals surface area contributed by atoms with Gasteiger partial charge < -0.3 is 11.1 Å². The van der Waals surface area contributed by atoms with Crippen LogP contribution < -0.4 is 11.1 Å². The molecule has 2 aliphatic rings. The van der Waals surface area contributed by atoms with E-state index in [1.807, 2.05) is 0 Å². The third-order valence-electron chi connectivity index (χ3n) is 3.27. The van der Waals surface area contributed by atoms with Crippen molar-refractivity contribution in [3.05, 3.63) is 0 Å². The van der Waals surface area contributed by atoms with Crippen LogP contribution >= 0.6 is 0 Å². The number of aliphatic imine (C=N–C) groups is 1. The molecule has 1 aliphatic heterocycles. The van der Waals surface area contributed by atoms with Gasteiger partial charge in [-0.3, -0.25) is 4.99 Å². The lowest BCUT2D eigenvalue weighted by atomic mass is 9.91. The summed E-state index contributed by atoms with van der Waals surface area (Å²) in [7, 11) is 0. The van der Waals surface area contributed by atoms with Gasteiger partial charge in [-0.25, -0.2) is 0 Å². The Kier molecular flexibility index (Phi) is 1.28. The molecular formula is C9H17N3. The maximum absolute atomic E-state index is 5.60. The first-order chi connectivity index (χ1) is 5.44. The fourth-order valence-corrected chi connectivity index (χ4v) is 2.37. The smallest absolute Gasteiger partial charge is 0.189 e. The number of guanidine groups is 1. The van der Waals surface area contributed by atoms with Crippen LogP contribution in [0.3, 0.4) is 0 Å². The Morgan fingerprint density at radius 3 is 2.42 bits per heavy atom. The van der Waals surface area contributed by atoms with Crippen molar-refractivity contribution in [2.24, 2.45) is 22.1 Å². The molecular weight excluding hydrogens is 150 g/mol. The molecule has 1 heterocycles. The molecule has 0 bridgehead atoms. The molecule has 3 heteroatoms. The molecule has 2 rings (SSSR count). The zero-order chi connectivity index (χ0) is 8.98. The SMILES string of the molecule is CC1(C)CC1C1(C)CN=C(N)N1. The molecule has 1 fully saturated rings. The van der Waals surface area contributed by atoms with Gasteiger partial charge in [0.15, 0.2) is 5.96 Å². The number of hydrogen-bond donors (Lipinski definition) is 2. The second-order valence-corrected chi connectivity index (χ2v) is 4.99. The average Bonchev–Trinajstić information content (AvgIpc) is 2.43. The van der Waals surface area contributed by atoms with Crippen LogP contribution in [0, 0.1) is 11.3 Å². The van der Waals surface area contributed by atoms with E-state index >= 15 is 0 Å². The van der Waals surface area contributed by atoms with E-state index in [2.05, 4.69) is 31.1 Å². The minimum absolute atomic E-state index is 0.133. The molecule has 0 saturated heterocycles. The zero-order valence-corrected chi connectivity index (χ0v) is 8.02. The summed E-state index contributed by atoms with van der Waals surface area (Å²) in [5, 5.41) is 3.28. The van der Waals surface area contributed by atoms with Gasteiger partial charge in [0.1, 0.15) is 0 Å². The summed E-state index contributed by atoms with van der Waals surface area (Å²) in [4.78, 5) is 4.20. The van der Waals surface area contributed by atoms with Crippen molar-refractivity contribution in [3.63, 3.8) is 0 Å². The maximum atomic E-state index is 5.60. The van der Waals surface area contributed by atoms with E-state index in [4.69, 9.17) is 5.73 Å². The molecule has 3 nitrogen and oxygen atoms in total. The first-order valence-corrected chi connectivity index (χ1v) is 4.52. The van der Waals surface area contributed by atoms with E-state index in [0.717, 1.165) is 12.5 Å². The summed E-state index contributed by atoms with van der Waals surface area (Å²) in [6, 6.07) is 0. The van der Waals surface area contributed by atoms with Crippen LogP contribution in [0.1, 0.15) is 27.2 Å². The number of nitrogens with two attached hydrogens (primary N) is 1. The van der Waals surface area contributed by atoms with Crippen LogP contribution in [-0.4, -0.2) is 18.0 Å². The lowest BCUT2D eigenvalue weighted by molar-refractivity contribution is 0.343. The van der Waals surface area contributed by atoms with Crippen molar-refractivity contribution in [1.29, 1.82) is 0 Å². The first-order valence-electron chi connectivity index (χ1n) is 4.52. The number of hydrogen-bond acceptors (Lipinski definition) is 3. The van der Waals surface area contributed by atoms with Gasteiger partial charge in [-0.2, -0.15) is 0 Å². The van der Waals surface area contributed by atoms with E-state index in [-0.39, 0.29) is 5.54 Å². The van der Waals surface area contributed by atoms with E-state index in [9.17, 15) is 0 Å². The van der Waals surface area contributed by atoms with Crippen molar-refractivity contribution in [2.75, 3.05) is 6.54 Å². The van der Waals surface area contributed by atoms with E-state index in [1.165, 1.54) is 6.42 Å². The molecule has 1 aliphatic carbocycles. The normalized spacial score (nSPS) is 43.6. The molecule has 0 aromatic rings. The highest BCUT2D eigenvalue weighted by Gasteiger charge is 2.57. The third kappa shape index (κ3) is 0.993. The Morgan fingerprint density at radius 2 is 2.08 bits per heavy atom. The van der Waals surface area contributed by atoms with Crippen molar-refractivity contribution in [3.8, 4) is 0 Å². The second kappa shape index (κ2) is 1.95. The van der Waals surface area contributed by atoms with Gasteiger partial charge >= 0.3 is 0 Å². The highest BCUT2D eigenvalue weighted by molar-refractivity contribution is 5.80. The summed E-state index contributed by atoms with van der Waals surface area (Å²) >= 11 is 0. The largest absolute Gasteiger partial charge is 0.370 e. The fourth-order valence-electron chi connectivity index (χ4n) is 2.37. The quantitative estimate of drug-likeness (QED) is 0.604. The van der Waals surface area contributed by atoms with E-state index < -0.39 is 0 Å². The van der Waals surface area contributed by atoms with Crippen LogP contribution in [0.25, 0.3) is 0 Å². The van der Waals surface area contributed by atoms with Crippen molar-refractivity contribution >= 4 is 5.96 Å². The van der Waals surface area contributed by atoms with Gasteiger partial charge in [0, 0.05) is 0 Å². The minimum Gasteiger partial charge on any atom is -0.370 e. The van der Waals surface area contributed by atoms with Gasteiger partial charge in [-0.1, -0.05) is 13.8 Å². The molecule has 1 saturated carbocycles. The topological polar surface area (TPSA) is 50.4 Å². The molecule has 68 valence electrons. The van der Waals surface area contributed by atoms with Crippen molar-refractivity contribution in [2.45, 2.75) is 32.7 Å². The second-order valence-electron chi connectivity index (χ2n) is 4.99. The summed E-state index contributed by atoms with van der Waals surface area (Å²) in [6.45, 7) is 7.67. The number of nitrogens with one attached hydrogen (secondary N) is 1. The monoisotopic (exact) mass is 167 g/mol. The zero-order valence-electron chi connectivity index (χ0n) is 8.02. The maximum Gasteiger partial charge on any atom is 0.189 e. The highest BCUT2D eigenvalue weighted by atomic mass is 15.2. The summed E-state index contributed by atoms with van der Waals surface area (Å²) < 4.78 is 0. The van der Waals surface area contributed by atoms with Gasteiger partial charge in [0.2, 0.25) is 0 Å². The predicted octanol–water partition coefficient (Wildman–Crippen LogP) is 0.709. The Morgan fingerprint density at radius 1 is 1.50 bits per heavy atom. The van der Waals surface area contributed by atoms with E-state index in [0.29, 0.717) is 11.4 Å². The molecule has 0 aromatic heterocycles. The molecule has 2 unspecified atom stereocenters. The average molecular weight is 167 g/mol. The van der Waals surface area contributed by atoms with Gasteiger partial charge in [-0.15, -0.1) is 0 Å². The lowest BCUT2D eigenvalue weighted by Gasteiger charge is -2.26. The molecule has 0 aromatic carbocycles.